The lowest BCUT2D eigenvalue weighted by molar-refractivity contribution is -0.144. The van der Waals surface area contributed by atoms with E-state index in [0.717, 1.165) is 16.7 Å². The van der Waals surface area contributed by atoms with E-state index in [1.807, 2.05) is 26.0 Å². The van der Waals surface area contributed by atoms with Gasteiger partial charge in [-0.3, -0.25) is 9.59 Å². The Morgan fingerprint density at radius 1 is 0.550 bits per heavy atom. The number of halogens is 15. The van der Waals surface area contributed by atoms with E-state index in [2.05, 4.69) is 31.0 Å². The second kappa shape index (κ2) is 22.1. The highest BCUT2D eigenvalue weighted by atomic mass is 35.5. The Kier molecular flexibility index (Phi) is 19.8. The number of nitrogens with one attached hydrogen (secondary N) is 1. The molecule has 3 N–H and O–H groups in total. The maximum atomic E-state index is 12.9. The molecule has 4 rings (SSSR count). The van der Waals surface area contributed by atoms with Crippen molar-refractivity contribution in [2.75, 3.05) is 30.7 Å². The van der Waals surface area contributed by atoms with E-state index < -0.39 is 69.2 Å². The van der Waals surface area contributed by atoms with E-state index in [-0.39, 0.29) is 35.0 Å². The third-order valence-electron chi connectivity index (χ3n) is 8.16. The summed E-state index contributed by atoms with van der Waals surface area (Å²) in [6.07, 6.45) is -20.0. The Labute approximate surface area is 353 Å². The second-order valence-corrected chi connectivity index (χ2v) is 14.0. The molecular weight excluding hydrogens is 889 g/mol. The monoisotopic (exact) mass is 927 g/mol. The van der Waals surface area contributed by atoms with Gasteiger partial charge in [-0.15, -0.1) is 0 Å². The first-order valence-electron chi connectivity index (χ1n) is 17.4. The number of alkyl halides is 12. The van der Waals surface area contributed by atoms with E-state index in [1.54, 1.807) is 19.9 Å². The number of hydrogen-bond donors (Lipinski definition) is 2. The van der Waals surface area contributed by atoms with Crippen LogP contribution in [0, 0.1) is 27.7 Å². The number of anilines is 2. The quantitative estimate of drug-likeness (QED) is 0.115. The number of nitrogens with two attached hydrogens (primary N) is 1. The van der Waals surface area contributed by atoms with Gasteiger partial charge in [0.2, 0.25) is 0 Å². The molecule has 0 atom stereocenters. The first kappa shape index (κ1) is 53.8. The molecule has 0 heterocycles. The fourth-order valence-corrected chi connectivity index (χ4v) is 5.81. The van der Waals surface area contributed by atoms with Crippen LogP contribution in [0.15, 0.2) is 60.7 Å². The molecular formula is C40H40Cl3F12N3O2. The number of nitrogens with zero attached hydrogens (tertiary/aromatic N) is 1. The molecule has 0 aromatic heterocycles. The van der Waals surface area contributed by atoms with Crippen LogP contribution in [0.3, 0.4) is 0 Å². The van der Waals surface area contributed by atoms with Gasteiger partial charge in [0.25, 0.3) is 11.1 Å². The minimum atomic E-state index is -5.03. The molecule has 0 saturated heterocycles. The molecule has 0 saturated carbocycles. The minimum absolute atomic E-state index is 0.0408. The zero-order chi connectivity index (χ0) is 46.7. The summed E-state index contributed by atoms with van der Waals surface area (Å²) in [5.74, 6) is -1.13. The Balaban J connectivity index is 0.000000451. The normalized spacial score (nSPS) is 11.7. The Bertz CT molecular complexity index is 1980. The first-order chi connectivity index (χ1) is 27.3. The summed E-state index contributed by atoms with van der Waals surface area (Å²) in [5, 5.41) is 1.66. The van der Waals surface area contributed by atoms with Crippen molar-refractivity contribution in [3.8, 4) is 0 Å². The van der Waals surface area contributed by atoms with E-state index >= 15 is 0 Å². The summed E-state index contributed by atoms with van der Waals surface area (Å²) in [6.45, 7) is 17.4. The van der Waals surface area contributed by atoms with Gasteiger partial charge in [0.1, 0.15) is 0 Å². The largest absolute Gasteiger partial charge is 0.416 e. The fraction of sp³-hybridized carbons (Fsp3) is 0.350. The number of nitrogen functional groups attached to an aromatic ring is 1. The number of aryl methyl sites for hydroxylation is 4. The molecule has 0 aliphatic rings. The van der Waals surface area contributed by atoms with Crippen LogP contribution in [0.5, 0.6) is 0 Å². The predicted octanol–water partition coefficient (Wildman–Crippen LogP) is 14.2. The molecule has 4 aromatic rings. The molecule has 0 bridgehead atoms. The highest BCUT2D eigenvalue weighted by molar-refractivity contribution is 6.67. The number of benzene rings is 4. The zero-order valence-corrected chi connectivity index (χ0v) is 35.2. The predicted molar refractivity (Wildman–Crippen MR) is 211 cm³/mol. The van der Waals surface area contributed by atoms with Crippen molar-refractivity contribution in [2.24, 2.45) is 0 Å². The Morgan fingerprint density at radius 3 is 1.17 bits per heavy atom. The molecule has 0 spiro atoms. The number of amides is 1. The van der Waals surface area contributed by atoms with Gasteiger partial charge < -0.3 is 16.0 Å². The molecule has 5 nitrogen and oxygen atoms in total. The van der Waals surface area contributed by atoms with Crippen LogP contribution in [0.1, 0.15) is 86.0 Å². The number of carbonyl (C=O) groups is 2. The SMILES string of the molecule is CCN(CC)CC.Cc1cc(C)c(N)c(Cl)c1.Cc1cc(C)c(NC(=O)c2cc(C(F)(F)F)cc(C(F)(F)F)c2)c(Cl)c1.O=C(Cl)c1cc(C(F)(F)F)cc(C(F)(F)F)c1. The molecule has 0 fully saturated rings. The summed E-state index contributed by atoms with van der Waals surface area (Å²) in [5.41, 5.74) is 2.02. The second-order valence-electron chi connectivity index (χ2n) is 12.9. The summed E-state index contributed by atoms with van der Waals surface area (Å²) in [4.78, 5) is 25.3. The lowest BCUT2D eigenvalue weighted by Gasteiger charge is -2.15. The first-order valence-corrected chi connectivity index (χ1v) is 18.5. The number of rotatable bonds is 6. The molecule has 0 aliphatic heterocycles. The van der Waals surface area contributed by atoms with E-state index in [4.69, 9.17) is 40.5 Å². The van der Waals surface area contributed by atoms with Gasteiger partial charge in [-0.05, 0) is 130 Å². The standard InChI is InChI=1S/C17H12ClF6NO.C9H3ClF6O.C8H10ClN.C6H15N/c1-8-3-9(2)14(13(18)4-8)25-15(26)10-5-11(16(19,20)21)7-12(6-10)17(22,23)24;10-7(17)4-1-5(8(11,12)13)3-6(2-4)9(14,15)16;1-5-3-6(2)8(10)7(9)4-5;1-4-7(5-2)6-3/h3-7H,1-2H3,(H,25,26);1-3H;3-4H,10H2,1-2H3;4-6H2,1-3H3. The Morgan fingerprint density at radius 2 is 0.883 bits per heavy atom. The summed E-state index contributed by atoms with van der Waals surface area (Å²) in [6, 6.07) is 8.20. The van der Waals surface area contributed by atoms with Crippen LogP contribution in [-0.4, -0.2) is 35.7 Å². The van der Waals surface area contributed by atoms with Crippen molar-refractivity contribution >= 4 is 57.3 Å². The minimum Gasteiger partial charge on any atom is -0.397 e. The van der Waals surface area contributed by atoms with Crippen molar-refractivity contribution in [1.29, 1.82) is 0 Å². The average Bonchev–Trinajstić information content (AvgIpc) is 3.11. The molecule has 0 radical (unpaired) electrons. The van der Waals surface area contributed by atoms with Gasteiger partial charge in [0.15, 0.2) is 0 Å². The third-order valence-corrected chi connectivity index (χ3v) is 8.99. The lowest BCUT2D eigenvalue weighted by Crippen LogP contribution is -2.21. The fourth-order valence-electron chi connectivity index (χ4n) is 5.01. The van der Waals surface area contributed by atoms with Crippen molar-refractivity contribution in [3.05, 3.63) is 126 Å². The van der Waals surface area contributed by atoms with Gasteiger partial charge in [-0.2, -0.15) is 52.7 Å². The maximum Gasteiger partial charge on any atom is 0.416 e. The topological polar surface area (TPSA) is 75.4 Å². The van der Waals surface area contributed by atoms with E-state index in [0.29, 0.717) is 28.4 Å². The molecule has 0 aliphatic carbocycles. The van der Waals surface area contributed by atoms with Crippen LogP contribution < -0.4 is 11.1 Å². The van der Waals surface area contributed by atoms with Gasteiger partial charge in [-0.25, -0.2) is 0 Å². The van der Waals surface area contributed by atoms with Gasteiger partial charge in [0, 0.05) is 11.1 Å². The molecule has 60 heavy (non-hydrogen) atoms. The van der Waals surface area contributed by atoms with E-state index in [9.17, 15) is 62.3 Å². The van der Waals surface area contributed by atoms with Crippen LogP contribution in [-0.2, 0) is 24.7 Å². The van der Waals surface area contributed by atoms with Crippen LogP contribution >= 0.6 is 34.8 Å². The van der Waals surface area contributed by atoms with Crippen LogP contribution in [0.2, 0.25) is 10.0 Å². The van der Waals surface area contributed by atoms with Crippen LogP contribution in [0.4, 0.5) is 64.1 Å². The molecule has 332 valence electrons. The van der Waals surface area contributed by atoms with Gasteiger partial charge >= 0.3 is 24.7 Å². The van der Waals surface area contributed by atoms with Gasteiger partial charge in [0.05, 0.1) is 43.7 Å². The zero-order valence-electron chi connectivity index (χ0n) is 32.9. The number of carbonyl (C=O) groups excluding carboxylic acids is 2. The van der Waals surface area contributed by atoms with Crippen molar-refractivity contribution < 1.29 is 62.3 Å². The molecule has 20 heteroatoms. The van der Waals surface area contributed by atoms with Crippen LogP contribution in [0.25, 0.3) is 0 Å². The highest BCUT2D eigenvalue weighted by Crippen LogP contribution is 2.38. The Hall–Kier alpha value is -4.19. The average molecular weight is 929 g/mol. The van der Waals surface area contributed by atoms with Crippen molar-refractivity contribution in [1.82, 2.24) is 4.90 Å². The van der Waals surface area contributed by atoms with Crippen molar-refractivity contribution in [3.63, 3.8) is 0 Å². The lowest BCUT2D eigenvalue weighted by atomic mass is 10.0. The summed E-state index contributed by atoms with van der Waals surface area (Å²) < 4.78 is 151. The molecule has 1 amide bonds. The van der Waals surface area contributed by atoms with Crippen molar-refractivity contribution in [2.45, 2.75) is 73.2 Å². The molecule has 4 aromatic carbocycles. The summed E-state index contributed by atoms with van der Waals surface area (Å²) >= 11 is 16.7. The third kappa shape index (κ3) is 17.1. The summed E-state index contributed by atoms with van der Waals surface area (Å²) in [7, 11) is 0. The van der Waals surface area contributed by atoms with E-state index in [1.165, 1.54) is 25.7 Å². The maximum absolute atomic E-state index is 12.9. The smallest absolute Gasteiger partial charge is 0.397 e. The highest BCUT2D eigenvalue weighted by Gasteiger charge is 2.39. The van der Waals surface area contributed by atoms with Gasteiger partial charge in [-0.1, -0.05) is 56.1 Å². The number of hydrogen-bond acceptors (Lipinski definition) is 4. The molecule has 0 unspecified atom stereocenters.